The number of aliphatic carboxylic acids is 1. The van der Waals surface area contributed by atoms with Crippen LogP contribution in [0.3, 0.4) is 0 Å². The molecule has 220 valence electrons. The Kier molecular flexibility index (Phi) is 10.2. The highest BCUT2D eigenvalue weighted by atomic mass is 16.4. The molecule has 0 fully saturated rings. The van der Waals surface area contributed by atoms with Crippen molar-refractivity contribution in [3.63, 3.8) is 0 Å². The summed E-state index contributed by atoms with van der Waals surface area (Å²) in [6.45, 7) is 10.0. The number of carboxylic acids is 1. The van der Waals surface area contributed by atoms with Gasteiger partial charge in [0.15, 0.2) is 5.78 Å². The predicted molar refractivity (Wildman–Crippen MR) is 168 cm³/mol. The monoisotopic (exact) mass is 567 g/mol. The van der Waals surface area contributed by atoms with Crippen LogP contribution in [0, 0.1) is 5.92 Å². The lowest BCUT2D eigenvalue weighted by molar-refractivity contribution is -0.137. The van der Waals surface area contributed by atoms with E-state index in [0.717, 1.165) is 22.9 Å². The predicted octanol–water partition coefficient (Wildman–Crippen LogP) is 6.96. The molecule has 2 N–H and O–H groups in total. The van der Waals surface area contributed by atoms with Gasteiger partial charge in [0.1, 0.15) is 6.04 Å². The number of hydrogen-bond donors (Lipinski definition) is 2. The summed E-state index contributed by atoms with van der Waals surface area (Å²) < 4.78 is 1.95. The molecule has 1 aromatic heterocycles. The summed E-state index contributed by atoms with van der Waals surface area (Å²) in [7, 11) is 0. The van der Waals surface area contributed by atoms with Gasteiger partial charge in [-0.05, 0) is 61.9 Å². The highest BCUT2D eigenvalue weighted by Gasteiger charge is 2.25. The molecule has 0 radical (unpaired) electrons. The van der Waals surface area contributed by atoms with Crippen molar-refractivity contribution in [2.45, 2.75) is 59.5 Å². The Labute approximate surface area is 248 Å². The number of carbonyl (C=O) groups is 3. The smallest absolute Gasteiger partial charge is 0.303 e. The number of rotatable bonds is 14. The summed E-state index contributed by atoms with van der Waals surface area (Å²) in [5, 5.41) is 13.3. The molecular weight excluding hydrogens is 526 g/mol. The zero-order valence-electron chi connectivity index (χ0n) is 25.0. The number of carboxylic acid groups (broad SMARTS) is 1. The first-order chi connectivity index (χ1) is 20.2. The van der Waals surface area contributed by atoms with Crippen molar-refractivity contribution < 1.29 is 19.5 Å². The average molecular weight is 568 g/mol. The third-order valence-corrected chi connectivity index (χ3v) is 7.54. The minimum absolute atomic E-state index is 0.0160. The van der Waals surface area contributed by atoms with Gasteiger partial charge in [-0.25, -0.2) is 0 Å². The molecule has 42 heavy (non-hydrogen) atoms. The summed E-state index contributed by atoms with van der Waals surface area (Å²) in [5.41, 5.74) is 4.76. The molecule has 4 rings (SSSR count). The third-order valence-electron chi connectivity index (χ3n) is 7.54. The zero-order chi connectivity index (χ0) is 30.2. The molecule has 1 amide bonds. The normalized spacial score (nSPS) is 11.9. The largest absolute Gasteiger partial charge is 0.481 e. The van der Waals surface area contributed by atoms with Crippen molar-refractivity contribution in [3.8, 4) is 0 Å². The van der Waals surface area contributed by atoms with Crippen molar-refractivity contribution >= 4 is 34.3 Å². The van der Waals surface area contributed by atoms with Crippen molar-refractivity contribution in [2.24, 2.45) is 5.92 Å². The van der Waals surface area contributed by atoms with Crippen LogP contribution in [-0.4, -0.2) is 45.3 Å². The number of benzene rings is 3. The number of fused-ring (bicyclic) bond motifs is 1. The highest BCUT2D eigenvalue weighted by molar-refractivity contribution is 6.16. The van der Waals surface area contributed by atoms with Gasteiger partial charge in [-0.15, -0.1) is 0 Å². The van der Waals surface area contributed by atoms with Crippen LogP contribution in [0.2, 0.25) is 0 Å². The quantitative estimate of drug-likeness (QED) is 0.161. The lowest BCUT2D eigenvalue weighted by Gasteiger charge is -2.27. The summed E-state index contributed by atoms with van der Waals surface area (Å²) in [6, 6.07) is 22.6. The van der Waals surface area contributed by atoms with Gasteiger partial charge in [0, 0.05) is 60.0 Å². The van der Waals surface area contributed by atoms with E-state index in [9.17, 15) is 14.4 Å². The Balaban J connectivity index is 1.64. The average Bonchev–Trinajstić information content (AvgIpc) is 3.35. The molecule has 0 aliphatic heterocycles. The number of hydrogen-bond acceptors (Lipinski definition) is 4. The number of amides is 1. The first-order valence-corrected chi connectivity index (χ1v) is 14.8. The number of aromatic nitrogens is 1. The number of nitrogens with one attached hydrogen (secondary N) is 1. The van der Waals surface area contributed by atoms with E-state index in [1.165, 1.54) is 5.56 Å². The van der Waals surface area contributed by atoms with Gasteiger partial charge in [-0.2, -0.15) is 0 Å². The summed E-state index contributed by atoms with van der Waals surface area (Å²) in [4.78, 5) is 40.3. The summed E-state index contributed by atoms with van der Waals surface area (Å²) in [6.07, 6.45) is 3.33. The van der Waals surface area contributed by atoms with Crippen LogP contribution in [0.1, 0.15) is 73.6 Å². The Morgan fingerprint density at radius 3 is 2.31 bits per heavy atom. The lowest BCUT2D eigenvalue weighted by Crippen LogP contribution is -2.37. The molecule has 0 saturated heterocycles. The van der Waals surface area contributed by atoms with Gasteiger partial charge < -0.3 is 19.9 Å². The maximum Gasteiger partial charge on any atom is 0.303 e. The molecule has 0 aliphatic carbocycles. The standard InChI is InChI=1S/C35H41N3O4/c1-5-37(6-2)35(42)33(26-18-16-25(17-19-26)21-24(3)4)36-28-12-9-11-27(22-28)34(41)30-23-38(20-10-15-32(39)40)31-14-8-7-13-29(30)31/h7-9,11-14,16-19,22-24,33,36H,5-6,10,15,20-21H2,1-4H3,(H,39,40). The third kappa shape index (κ3) is 7.27. The van der Waals surface area contributed by atoms with E-state index in [-0.39, 0.29) is 18.1 Å². The van der Waals surface area contributed by atoms with Gasteiger partial charge >= 0.3 is 5.97 Å². The summed E-state index contributed by atoms with van der Waals surface area (Å²) >= 11 is 0. The first-order valence-electron chi connectivity index (χ1n) is 14.8. The van der Waals surface area contributed by atoms with E-state index < -0.39 is 12.0 Å². The molecule has 0 saturated carbocycles. The SMILES string of the molecule is CCN(CC)C(=O)C(Nc1cccc(C(=O)c2cn(CCCC(=O)O)c3ccccc23)c1)c1ccc(CC(C)C)cc1. The van der Waals surface area contributed by atoms with Crippen molar-refractivity contribution in [2.75, 3.05) is 18.4 Å². The number of carbonyl (C=O) groups excluding carboxylic acids is 2. The minimum atomic E-state index is -0.837. The molecule has 0 bridgehead atoms. The number of likely N-dealkylation sites (N-methyl/N-ethyl adjacent to an activating group) is 1. The first kappa shape index (κ1) is 30.6. The van der Waals surface area contributed by atoms with Crippen LogP contribution in [0.25, 0.3) is 10.9 Å². The second-order valence-electron chi connectivity index (χ2n) is 11.1. The van der Waals surface area contributed by atoms with E-state index in [1.807, 2.05) is 78.0 Å². The Morgan fingerprint density at radius 2 is 1.64 bits per heavy atom. The molecule has 7 nitrogen and oxygen atoms in total. The zero-order valence-corrected chi connectivity index (χ0v) is 25.0. The van der Waals surface area contributed by atoms with E-state index in [2.05, 4.69) is 31.3 Å². The van der Waals surface area contributed by atoms with Gasteiger partial charge in [-0.1, -0.05) is 68.4 Å². The molecule has 1 unspecified atom stereocenters. The lowest BCUT2D eigenvalue weighted by atomic mass is 9.98. The minimum Gasteiger partial charge on any atom is -0.481 e. The highest BCUT2D eigenvalue weighted by Crippen LogP contribution is 2.28. The molecular formula is C35H41N3O4. The van der Waals surface area contributed by atoms with Crippen molar-refractivity contribution in [1.29, 1.82) is 0 Å². The number of anilines is 1. The van der Waals surface area contributed by atoms with Gasteiger partial charge in [0.25, 0.3) is 0 Å². The van der Waals surface area contributed by atoms with Crippen molar-refractivity contribution in [3.05, 3.63) is 101 Å². The number of para-hydroxylation sites is 1. The maximum absolute atomic E-state index is 13.8. The van der Waals surface area contributed by atoms with E-state index >= 15 is 0 Å². The molecule has 4 aromatic rings. The van der Waals surface area contributed by atoms with Crippen LogP contribution < -0.4 is 5.32 Å². The molecule has 3 aromatic carbocycles. The molecule has 1 heterocycles. The fourth-order valence-electron chi connectivity index (χ4n) is 5.41. The Bertz CT molecular complexity index is 1530. The molecule has 0 aliphatic rings. The fourth-order valence-corrected chi connectivity index (χ4v) is 5.41. The number of aryl methyl sites for hydroxylation is 1. The van der Waals surface area contributed by atoms with E-state index in [1.54, 1.807) is 12.1 Å². The molecule has 0 spiro atoms. The fraction of sp³-hybridized carbons (Fsp3) is 0.343. The van der Waals surface area contributed by atoms with Gasteiger partial charge in [0.2, 0.25) is 5.91 Å². The van der Waals surface area contributed by atoms with Crippen LogP contribution >= 0.6 is 0 Å². The Hall–Kier alpha value is -4.39. The second kappa shape index (κ2) is 14.0. The topological polar surface area (TPSA) is 91.6 Å². The molecule has 1 atom stereocenters. The van der Waals surface area contributed by atoms with E-state index in [0.29, 0.717) is 48.8 Å². The van der Waals surface area contributed by atoms with Gasteiger partial charge in [-0.3, -0.25) is 14.4 Å². The van der Waals surface area contributed by atoms with Gasteiger partial charge in [0.05, 0.1) is 0 Å². The van der Waals surface area contributed by atoms with Crippen LogP contribution in [0.15, 0.2) is 79.0 Å². The maximum atomic E-state index is 13.8. The molecule has 7 heteroatoms. The second-order valence-corrected chi connectivity index (χ2v) is 11.1. The Morgan fingerprint density at radius 1 is 0.929 bits per heavy atom. The van der Waals surface area contributed by atoms with Crippen LogP contribution in [-0.2, 0) is 22.6 Å². The van der Waals surface area contributed by atoms with Crippen LogP contribution in [0.5, 0.6) is 0 Å². The number of nitrogens with zero attached hydrogens (tertiary/aromatic N) is 2. The van der Waals surface area contributed by atoms with Crippen LogP contribution in [0.4, 0.5) is 5.69 Å². The number of ketones is 1. The van der Waals surface area contributed by atoms with Crippen molar-refractivity contribution in [1.82, 2.24) is 9.47 Å². The summed E-state index contributed by atoms with van der Waals surface area (Å²) in [5.74, 6) is -0.438. The van der Waals surface area contributed by atoms with E-state index in [4.69, 9.17) is 5.11 Å².